The van der Waals surface area contributed by atoms with Gasteiger partial charge in [-0.1, -0.05) is 5.16 Å². The first kappa shape index (κ1) is 14.5. The molecule has 0 atom stereocenters. The van der Waals surface area contributed by atoms with Gasteiger partial charge in [0.1, 0.15) is 11.4 Å². The van der Waals surface area contributed by atoms with Gasteiger partial charge >= 0.3 is 0 Å². The standard InChI is InChI=1S/C14H15N5O3S/c1-21-6-11-17-10(18-22-11)5-19-7-16-13-12(14(19)20)8-2-3-15-4-9(8)23-13/h7,15H,2-6H2,1H3. The Morgan fingerprint density at radius 3 is 3.30 bits per heavy atom. The van der Waals surface area contributed by atoms with Gasteiger partial charge < -0.3 is 14.6 Å². The van der Waals surface area contributed by atoms with Crippen molar-refractivity contribution in [1.29, 1.82) is 0 Å². The Hall–Kier alpha value is -2.10. The molecule has 0 bridgehead atoms. The highest BCUT2D eigenvalue weighted by Crippen LogP contribution is 2.29. The first-order valence-electron chi connectivity index (χ1n) is 7.27. The minimum absolute atomic E-state index is 0.0486. The summed E-state index contributed by atoms with van der Waals surface area (Å²) >= 11 is 1.59. The molecule has 1 aliphatic heterocycles. The van der Waals surface area contributed by atoms with Crippen LogP contribution in [0.1, 0.15) is 22.2 Å². The van der Waals surface area contributed by atoms with Crippen molar-refractivity contribution in [2.24, 2.45) is 0 Å². The maximum Gasteiger partial charge on any atom is 0.262 e. The van der Waals surface area contributed by atoms with Crippen LogP contribution in [0.5, 0.6) is 0 Å². The van der Waals surface area contributed by atoms with Gasteiger partial charge in [0, 0.05) is 18.5 Å². The summed E-state index contributed by atoms with van der Waals surface area (Å²) in [6.07, 6.45) is 2.41. The zero-order chi connectivity index (χ0) is 15.8. The van der Waals surface area contributed by atoms with Crippen LogP contribution in [0.2, 0.25) is 0 Å². The summed E-state index contributed by atoms with van der Waals surface area (Å²) in [6.45, 7) is 2.18. The largest absolute Gasteiger partial charge is 0.375 e. The molecule has 0 aliphatic carbocycles. The van der Waals surface area contributed by atoms with E-state index in [1.807, 2.05) is 0 Å². The zero-order valence-electron chi connectivity index (χ0n) is 12.5. The summed E-state index contributed by atoms with van der Waals surface area (Å²) in [5, 5.41) is 7.92. The Bertz CT molecular complexity index is 913. The first-order valence-corrected chi connectivity index (χ1v) is 8.08. The summed E-state index contributed by atoms with van der Waals surface area (Å²) in [5.41, 5.74) is 1.08. The van der Waals surface area contributed by atoms with Crippen LogP contribution in [0.4, 0.5) is 0 Å². The summed E-state index contributed by atoms with van der Waals surface area (Å²) in [7, 11) is 1.56. The third-order valence-corrected chi connectivity index (χ3v) is 4.93. The fraction of sp³-hybridized carbons (Fsp3) is 0.429. The molecule has 0 radical (unpaired) electrons. The molecule has 0 unspecified atom stereocenters. The number of nitrogens with zero attached hydrogens (tertiary/aromatic N) is 4. The number of fused-ring (bicyclic) bond motifs is 3. The molecule has 0 amide bonds. The number of thiophene rings is 1. The minimum atomic E-state index is -0.0486. The molecule has 23 heavy (non-hydrogen) atoms. The number of hydrogen-bond acceptors (Lipinski definition) is 8. The monoisotopic (exact) mass is 333 g/mol. The van der Waals surface area contributed by atoms with Gasteiger partial charge in [0.15, 0.2) is 5.82 Å². The van der Waals surface area contributed by atoms with Crippen molar-refractivity contribution < 1.29 is 9.26 Å². The van der Waals surface area contributed by atoms with Crippen LogP contribution in [-0.4, -0.2) is 33.3 Å². The number of ether oxygens (including phenoxy) is 1. The first-order chi connectivity index (χ1) is 11.3. The van der Waals surface area contributed by atoms with Crippen LogP contribution in [0, 0.1) is 0 Å². The van der Waals surface area contributed by atoms with Gasteiger partial charge in [0.2, 0.25) is 0 Å². The third kappa shape index (κ3) is 2.56. The molecule has 0 fully saturated rings. The van der Waals surface area contributed by atoms with Crippen LogP contribution in [0.3, 0.4) is 0 Å². The van der Waals surface area contributed by atoms with Crippen LogP contribution >= 0.6 is 11.3 Å². The Morgan fingerprint density at radius 2 is 2.43 bits per heavy atom. The van der Waals surface area contributed by atoms with Crippen molar-refractivity contribution in [2.75, 3.05) is 13.7 Å². The molecule has 8 nitrogen and oxygen atoms in total. The number of aromatic nitrogens is 4. The van der Waals surface area contributed by atoms with Gasteiger partial charge in [-0.3, -0.25) is 9.36 Å². The molecule has 1 aliphatic rings. The second-order valence-electron chi connectivity index (χ2n) is 5.33. The Morgan fingerprint density at radius 1 is 1.52 bits per heavy atom. The molecule has 120 valence electrons. The molecule has 0 aromatic carbocycles. The molecular formula is C14H15N5O3S. The molecule has 9 heteroatoms. The van der Waals surface area contributed by atoms with Crippen molar-refractivity contribution in [3.05, 3.63) is 38.8 Å². The highest BCUT2D eigenvalue weighted by molar-refractivity contribution is 7.18. The lowest BCUT2D eigenvalue weighted by atomic mass is 10.1. The van der Waals surface area contributed by atoms with Gasteiger partial charge in [0.25, 0.3) is 11.4 Å². The molecule has 1 N–H and O–H groups in total. The van der Waals surface area contributed by atoms with Gasteiger partial charge in [-0.25, -0.2) is 4.98 Å². The van der Waals surface area contributed by atoms with Crippen molar-refractivity contribution in [2.45, 2.75) is 26.1 Å². The molecule has 0 saturated carbocycles. The number of methoxy groups -OCH3 is 1. The predicted octanol–water partition coefficient (Wildman–Crippen LogP) is 0.681. The average Bonchev–Trinajstić information content (AvgIpc) is 3.15. The van der Waals surface area contributed by atoms with Crippen LogP contribution < -0.4 is 10.9 Å². The highest BCUT2D eigenvalue weighted by Gasteiger charge is 2.20. The molecule has 3 aromatic rings. The van der Waals surface area contributed by atoms with E-state index in [0.717, 1.165) is 35.3 Å². The molecule has 4 heterocycles. The Kier molecular flexibility index (Phi) is 3.68. The molecule has 0 spiro atoms. The SMILES string of the molecule is COCc1nc(Cn2cnc3sc4c(c3c2=O)CCNC4)no1. The smallest absolute Gasteiger partial charge is 0.262 e. The number of nitrogens with one attached hydrogen (secondary N) is 1. The molecular weight excluding hydrogens is 318 g/mol. The fourth-order valence-electron chi connectivity index (χ4n) is 2.75. The number of hydrogen-bond donors (Lipinski definition) is 1. The van der Waals surface area contributed by atoms with E-state index in [2.05, 4.69) is 20.4 Å². The lowest BCUT2D eigenvalue weighted by molar-refractivity contribution is 0.151. The Balaban J connectivity index is 1.72. The molecule has 0 saturated heterocycles. The van der Waals surface area contributed by atoms with Crippen LogP contribution in [0.25, 0.3) is 10.2 Å². The van der Waals surface area contributed by atoms with Gasteiger partial charge in [-0.2, -0.15) is 4.98 Å². The van der Waals surface area contributed by atoms with E-state index in [9.17, 15) is 4.79 Å². The van der Waals surface area contributed by atoms with E-state index in [-0.39, 0.29) is 18.7 Å². The van der Waals surface area contributed by atoms with Gasteiger partial charge in [-0.05, 0) is 18.5 Å². The lowest BCUT2D eigenvalue weighted by Gasteiger charge is -2.12. The summed E-state index contributed by atoms with van der Waals surface area (Å²) < 4.78 is 11.5. The van der Waals surface area contributed by atoms with E-state index in [1.54, 1.807) is 24.8 Å². The predicted molar refractivity (Wildman–Crippen MR) is 83.4 cm³/mol. The third-order valence-electron chi connectivity index (χ3n) is 3.79. The molecule has 4 rings (SSSR count). The van der Waals surface area contributed by atoms with Gasteiger partial charge in [-0.15, -0.1) is 11.3 Å². The normalized spacial score (nSPS) is 14.3. The fourth-order valence-corrected chi connectivity index (χ4v) is 3.90. The van der Waals surface area contributed by atoms with Crippen molar-refractivity contribution in [3.63, 3.8) is 0 Å². The second kappa shape index (κ2) is 5.84. The van der Waals surface area contributed by atoms with Crippen molar-refractivity contribution in [1.82, 2.24) is 25.0 Å². The highest BCUT2D eigenvalue weighted by atomic mass is 32.1. The number of rotatable bonds is 4. The Labute approximate surface area is 135 Å². The summed E-state index contributed by atoms with van der Waals surface area (Å²) in [4.78, 5) is 23.4. The van der Waals surface area contributed by atoms with Crippen molar-refractivity contribution in [3.8, 4) is 0 Å². The van der Waals surface area contributed by atoms with E-state index >= 15 is 0 Å². The maximum atomic E-state index is 12.8. The van der Waals surface area contributed by atoms with Gasteiger partial charge in [0.05, 0.1) is 18.3 Å². The van der Waals surface area contributed by atoms with E-state index < -0.39 is 0 Å². The van der Waals surface area contributed by atoms with Crippen LogP contribution in [0.15, 0.2) is 15.6 Å². The minimum Gasteiger partial charge on any atom is -0.375 e. The second-order valence-corrected chi connectivity index (χ2v) is 6.41. The van der Waals surface area contributed by atoms with E-state index in [4.69, 9.17) is 9.26 Å². The average molecular weight is 333 g/mol. The molecule has 3 aromatic heterocycles. The van der Waals surface area contributed by atoms with Crippen LogP contribution in [-0.2, 0) is 30.9 Å². The zero-order valence-corrected chi connectivity index (χ0v) is 13.4. The summed E-state index contributed by atoms with van der Waals surface area (Å²) in [6, 6.07) is 0. The topological polar surface area (TPSA) is 95.1 Å². The quantitative estimate of drug-likeness (QED) is 0.750. The van der Waals surface area contributed by atoms with Crippen molar-refractivity contribution >= 4 is 21.6 Å². The summed E-state index contributed by atoms with van der Waals surface area (Å²) in [5.74, 6) is 0.828. The maximum absolute atomic E-state index is 12.8. The van der Waals surface area contributed by atoms with E-state index in [0.29, 0.717) is 11.7 Å². The lowest BCUT2D eigenvalue weighted by Crippen LogP contribution is -2.25. The van der Waals surface area contributed by atoms with E-state index in [1.165, 1.54) is 9.44 Å².